The van der Waals surface area contributed by atoms with Crippen molar-refractivity contribution in [2.24, 2.45) is 5.41 Å². The number of pyridine rings is 1. The minimum Gasteiger partial charge on any atom is -0.332 e. The standard InChI is InChI=1S/C11H17N3/c1-11(2,3)10(12)14(4)9-6-5-7-13-8-9/h5-8,12H,1-4H3. The molecule has 0 atom stereocenters. The lowest BCUT2D eigenvalue weighted by atomic mass is 9.94. The molecule has 3 nitrogen and oxygen atoms in total. The summed E-state index contributed by atoms with van der Waals surface area (Å²) in [6.07, 6.45) is 3.50. The predicted molar refractivity (Wildman–Crippen MR) is 59.8 cm³/mol. The minimum absolute atomic E-state index is 0.134. The average molecular weight is 191 g/mol. The molecule has 1 heterocycles. The molecular formula is C11H17N3. The largest absolute Gasteiger partial charge is 0.332 e. The first kappa shape index (κ1) is 10.7. The number of nitrogens with one attached hydrogen (secondary N) is 1. The zero-order valence-corrected chi connectivity index (χ0v) is 9.20. The molecule has 0 fully saturated rings. The van der Waals surface area contributed by atoms with Gasteiger partial charge in [-0.15, -0.1) is 0 Å². The normalized spacial score (nSPS) is 11.1. The summed E-state index contributed by atoms with van der Waals surface area (Å²) in [5.74, 6) is 0.588. The Bertz CT molecular complexity index is 311. The predicted octanol–water partition coefficient (Wildman–Crippen LogP) is 2.54. The first-order chi connectivity index (χ1) is 6.43. The second-order valence-corrected chi connectivity index (χ2v) is 4.37. The lowest BCUT2D eigenvalue weighted by Crippen LogP contribution is -2.36. The third-order valence-electron chi connectivity index (χ3n) is 2.08. The summed E-state index contributed by atoms with van der Waals surface area (Å²) in [4.78, 5) is 5.89. The maximum atomic E-state index is 7.98. The van der Waals surface area contributed by atoms with E-state index >= 15 is 0 Å². The molecular weight excluding hydrogens is 174 g/mol. The number of aromatic nitrogens is 1. The van der Waals surface area contributed by atoms with Crippen molar-refractivity contribution in [3.63, 3.8) is 0 Å². The van der Waals surface area contributed by atoms with Crippen molar-refractivity contribution in [1.29, 1.82) is 5.41 Å². The van der Waals surface area contributed by atoms with E-state index in [0.717, 1.165) is 5.69 Å². The summed E-state index contributed by atoms with van der Waals surface area (Å²) in [5.41, 5.74) is 0.817. The minimum atomic E-state index is -0.134. The van der Waals surface area contributed by atoms with E-state index in [-0.39, 0.29) is 5.41 Å². The summed E-state index contributed by atoms with van der Waals surface area (Å²) >= 11 is 0. The van der Waals surface area contributed by atoms with Crippen molar-refractivity contribution in [3.8, 4) is 0 Å². The highest BCUT2D eigenvalue weighted by atomic mass is 15.2. The van der Waals surface area contributed by atoms with Crippen LogP contribution in [0.1, 0.15) is 20.8 Å². The Balaban J connectivity index is 2.87. The quantitative estimate of drug-likeness (QED) is 0.547. The Labute approximate surface area is 85.3 Å². The number of rotatable bonds is 1. The van der Waals surface area contributed by atoms with Crippen LogP contribution in [0.25, 0.3) is 0 Å². The van der Waals surface area contributed by atoms with Gasteiger partial charge in [0.1, 0.15) is 5.84 Å². The maximum absolute atomic E-state index is 7.98. The first-order valence-electron chi connectivity index (χ1n) is 4.65. The van der Waals surface area contributed by atoms with E-state index in [0.29, 0.717) is 5.84 Å². The maximum Gasteiger partial charge on any atom is 0.106 e. The fourth-order valence-corrected chi connectivity index (χ4v) is 1.18. The van der Waals surface area contributed by atoms with E-state index in [9.17, 15) is 0 Å². The van der Waals surface area contributed by atoms with E-state index in [1.807, 2.05) is 44.9 Å². The molecule has 0 aromatic carbocycles. The molecule has 3 heteroatoms. The molecule has 0 radical (unpaired) electrons. The van der Waals surface area contributed by atoms with Gasteiger partial charge in [-0.25, -0.2) is 0 Å². The topological polar surface area (TPSA) is 40.0 Å². The van der Waals surface area contributed by atoms with Crippen LogP contribution in [0, 0.1) is 10.8 Å². The van der Waals surface area contributed by atoms with Gasteiger partial charge in [0.25, 0.3) is 0 Å². The van der Waals surface area contributed by atoms with Gasteiger partial charge in [-0.2, -0.15) is 0 Å². The number of hydrogen-bond acceptors (Lipinski definition) is 2. The molecule has 1 aromatic heterocycles. The fourth-order valence-electron chi connectivity index (χ4n) is 1.18. The molecule has 0 saturated carbocycles. The molecule has 0 aliphatic heterocycles. The van der Waals surface area contributed by atoms with E-state index in [1.54, 1.807) is 12.4 Å². The molecule has 0 bridgehead atoms. The van der Waals surface area contributed by atoms with E-state index in [1.165, 1.54) is 0 Å². The molecule has 14 heavy (non-hydrogen) atoms. The number of nitrogens with zero attached hydrogens (tertiary/aromatic N) is 2. The second-order valence-electron chi connectivity index (χ2n) is 4.37. The zero-order chi connectivity index (χ0) is 10.8. The summed E-state index contributed by atoms with van der Waals surface area (Å²) < 4.78 is 0. The van der Waals surface area contributed by atoms with Gasteiger partial charge in [0.2, 0.25) is 0 Å². The lowest BCUT2D eigenvalue weighted by Gasteiger charge is -2.28. The summed E-state index contributed by atoms with van der Waals surface area (Å²) in [5, 5.41) is 7.98. The third-order valence-corrected chi connectivity index (χ3v) is 2.08. The Morgan fingerprint density at radius 1 is 1.43 bits per heavy atom. The van der Waals surface area contributed by atoms with Crippen LogP contribution in [0.15, 0.2) is 24.5 Å². The van der Waals surface area contributed by atoms with Gasteiger partial charge in [-0.05, 0) is 12.1 Å². The zero-order valence-electron chi connectivity index (χ0n) is 9.20. The lowest BCUT2D eigenvalue weighted by molar-refractivity contribution is 0.576. The van der Waals surface area contributed by atoms with Crippen LogP contribution < -0.4 is 4.90 Å². The van der Waals surface area contributed by atoms with Crippen LogP contribution in [0.4, 0.5) is 5.69 Å². The molecule has 1 N–H and O–H groups in total. The molecule has 0 aliphatic rings. The molecule has 0 spiro atoms. The van der Waals surface area contributed by atoms with Crippen molar-refractivity contribution in [2.45, 2.75) is 20.8 Å². The van der Waals surface area contributed by atoms with Gasteiger partial charge in [0, 0.05) is 18.7 Å². The molecule has 1 aromatic rings. The monoisotopic (exact) mass is 191 g/mol. The number of amidine groups is 1. The van der Waals surface area contributed by atoms with Crippen molar-refractivity contribution in [3.05, 3.63) is 24.5 Å². The summed E-state index contributed by atoms with van der Waals surface area (Å²) in [6, 6.07) is 3.83. The van der Waals surface area contributed by atoms with Crippen LogP contribution >= 0.6 is 0 Å². The van der Waals surface area contributed by atoms with Crippen molar-refractivity contribution < 1.29 is 0 Å². The van der Waals surface area contributed by atoms with Gasteiger partial charge >= 0.3 is 0 Å². The Kier molecular flexibility index (Phi) is 2.89. The van der Waals surface area contributed by atoms with Crippen molar-refractivity contribution in [1.82, 2.24) is 4.98 Å². The fraction of sp³-hybridized carbons (Fsp3) is 0.455. The summed E-state index contributed by atoms with van der Waals surface area (Å²) in [6.45, 7) is 6.09. The second kappa shape index (κ2) is 3.78. The van der Waals surface area contributed by atoms with Crippen LogP contribution in [-0.4, -0.2) is 17.9 Å². The SMILES string of the molecule is CN(C(=N)C(C)(C)C)c1cccnc1. The number of anilines is 1. The third kappa shape index (κ3) is 2.31. The van der Waals surface area contributed by atoms with Crippen LogP contribution in [0.5, 0.6) is 0 Å². The first-order valence-corrected chi connectivity index (χ1v) is 4.65. The molecule has 0 saturated heterocycles. The van der Waals surface area contributed by atoms with Gasteiger partial charge in [0.05, 0.1) is 11.9 Å². The Morgan fingerprint density at radius 3 is 2.50 bits per heavy atom. The molecule has 76 valence electrons. The number of hydrogen-bond donors (Lipinski definition) is 1. The van der Waals surface area contributed by atoms with Crippen LogP contribution in [0.2, 0.25) is 0 Å². The molecule has 1 rings (SSSR count). The van der Waals surface area contributed by atoms with Crippen molar-refractivity contribution >= 4 is 11.5 Å². The van der Waals surface area contributed by atoms with Gasteiger partial charge in [0.15, 0.2) is 0 Å². The smallest absolute Gasteiger partial charge is 0.106 e. The van der Waals surface area contributed by atoms with Gasteiger partial charge in [-0.3, -0.25) is 10.4 Å². The Hall–Kier alpha value is -1.38. The van der Waals surface area contributed by atoms with E-state index < -0.39 is 0 Å². The van der Waals surface area contributed by atoms with Crippen LogP contribution in [-0.2, 0) is 0 Å². The van der Waals surface area contributed by atoms with Gasteiger partial charge in [-0.1, -0.05) is 20.8 Å². The average Bonchev–Trinajstić information content (AvgIpc) is 2.15. The Morgan fingerprint density at radius 2 is 2.07 bits per heavy atom. The summed E-state index contributed by atoms with van der Waals surface area (Å²) in [7, 11) is 1.89. The van der Waals surface area contributed by atoms with E-state index in [2.05, 4.69) is 4.98 Å². The van der Waals surface area contributed by atoms with Gasteiger partial charge < -0.3 is 4.90 Å². The highest BCUT2D eigenvalue weighted by molar-refractivity contribution is 5.98. The molecule has 0 amide bonds. The van der Waals surface area contributed by atoms with E-state index in [4.69, 9.17) is 5.41 Å². The van der Waals surface area contributed by atoms with Crippen molar-refractivity contribution in [2.75, 3.05) is 11.9 Å². The molecule has 0 aliphatic carbocycles. The highest BCUT2D eigenvalue weighted by Gasteiger charge is 2.21. The highest BCUT2D eigenvalue weighted by Crippen LogP contribution is 2.21. The van der Waals surface area contributed by atoms with Crippen LogP contribution in [0.3, 0.4) is 0 Å². The molecule has 0 unspecified atom stereocenters.